The zero-order valence-corrected chi connectivity index (χ0v) is 13.4. The summed E-state index contributed by atoms with van der Waals surface area (Å²) in [4.78, 5) is 16.9. The first kappa shape index (κ1) is 18.0. The maximum absolute atomic E-state index is 12.4. The monoisotopic (exact) mass is 325 g/mol. The molecular formula is C13H25Cl2N3O2. The number of piperidine rings is 1. The quantitative estimate of drug-likeness (QED) is 0.763. The maximum atomic E-state index is 12.4. The summed E-state index contributed by atoms with van der Waals surface area (Å²) in [5.41, 5.74) is 0. The van der Waals surface area contributed by atoms with Gasteiger partial charge in [-0.05, 0) is 19.4 Å². The molecule has 7 heteroatoms. The van der Waals surface area contributed by atoms with E-state index in [0.717, 1.165) is 26.2 Å². The number of morpholine rings is 1. The molecule has 0 bridgehead atoms. The van der Waals surface area contributed by atoms with Gasteiger partial charge in [0.25, 0.3) is 5.91 Å². The highest BCUT2D eigenvalue weighted by molar-refractivity contribution is 5.85. The summed E-state index contributed by atoms with van der Waals surface area (Å²) < 4.78 is 5.56. The maximum Gasteiger partial charge on any atom is 0.253 e. The van der Waals surface area contributed by atoms with Crippen molar-refractivity contribution < 1.29 is 9.53 Å². The molecule has 2 unspecified atom stereocenters. The lowest BCUT2D eigenvalue weighted by Crippen LogP contribution is -2.59. The second-order valence-corrected chi connectivity index (χ2v) is 5.53. The highest BCUT2D eigenvalue weighted by Crippen LogP contribution is 2.21. The topological polar surface area (TPSA) is 44.8 Å². The predicted molar refractivity (Wildman–Crippen MR) is 82.9 cm³/mol. The molecule has 2 atom stereocenters. The van der Waals surface area contributed by atoms with Crippen LogP contribution >= 0.6 is 24.8 Å². The molecule has 20 heavy (non-hydrogen) atoms. The largest absolute Gasteiger partial charge is 0.366 e. The first-order valence-electron chi connectivity index (χ1n) is 7.20. The molecule has 1 N–H and O–H groups in total. The van der Waals surface area contributed by atoms with Gasteiger partial charge in [-0.25, -0.2) is 0 Å². The van der Waals surface area contributed by atoms with Gasteiger partial charge < -0.3 is 15.0 Å². The van der Waals surface area contributed by atoms with E-state index in [4.69, 9.17) is 4.74 Å². The number of nitrogens with zero attached hydrogens (tertiary/aromatic N) is 2. The van der Waals surface area contributed by atoms with Crippen LogP contribution in [0.15, 0.2) is 0 Å². The Bertz CT molecular complexity index is 314. The molecule has 0 aromatic rings. The summed E-state index contributed by atoms with van der Waals surface area (Å²) in [5, 5.41) is 3.23. The average molecular weight is 326 g/mol. The van der Waals surface area contributed by atoms with Gasteiger partial charge >= 0.3 is 0 Å². The highest BCUT2D eigenvalue weighted by atomic mass is 35.5. The Morgan fingerprint density at radius 1 is 1.15 bits per heavy atom. The molecule has 3 aliphatic heterocycles. The van der Waals surface area contributed by atoms with Gasteiger partial charge in [0.2, 0.25) is 0 Å². The summed E-state index contributed by atoms with van der Waals surface area (Å²) in [6.07, 6.45) is 3.62. The van der Waals surface area contributed by atoms with E-state index in [-0.39, 0.29) is 36.8 Å². The summed E-state index contributed by atoms with van der Waals surface area (Å²) in [5.74, 6) is 0.187. The van der Waals surface area contributed by atoms with E-state index in [1.807, 2.05) is 4.90 Å². The molecule has 0 aromatic heterocycles. The van der Waals surface area contributed by atoms with Crippen LogP contribution in [0.2, 0.25) is 0 Å². The minimum absolute atomic E-state index is 0. The number of ether oxygens (including phenoxy) is 1. The van der Waals surface area contributed by atoms with Crippen molar-refractivity contribution in [2.75, 3.05) is 45.9 Å². The van der Waals surface area contributed by atoms with Crippen LogP contribution < -0.4 is 5.32 Å². The number of nitrogens with one attached hydrogen (secondary N) is 1. The Hall–Kier alpha value is -0.0700. The fourth-order valence-corrected chi connectivity index (χ4v) is 3.28. The lowest BCUT2D eigenvalue weighted by atomic mass is 9.99. The van der Waals surface area contributed by atoms with Gasteiger partial charge in [0.1, 0.15) is 6.10 Å². The molecule has 0 aliphatic carbocycles. The molecular weight excluding hydrogens is 301 g/mol. The fourth-order valence-electron chi connectivity index (χ4n) is 3.28. The molecule has 118 valence electrons. The average Bonchev–Trinajstić information content (AvgIpc) is 2.47. The van der Waals surface area contributed by atoms with Crippen LogP contribution in [0.25, 0.3) is 0 Å². The third kappa shape index (κ3) is 3.98. The summed E-state index contributed by atoms with van der Waals surface area (Å²) >= 11 is 0. The summed E-state index contributed by atoms with van der Waals surface area (Å²) in [6.45, 7) is 6.21. The first-order chi connectivity index (χ1) is 8.84. The number of carbonyl (C=O) groups is 1. The zero-order chi connectivity index (χ0) is 12.4. The zero-order valence-electron chi connectivity index (χ0n) is 11.8. The molecule has 0 spiro atoms. The molecule has 3 rings (SSSR count). The minimum Gasteiger partial charge on any atom is -0.366 e. The Labute approximate surface area is 133 Å². The van der Waals surface area contributed by atoms with Crippen LogP contribution in [-0.2, 0) is 9.53 Å². The lowest BCUT2D eigenvalue weighted by molar-refractivity contribution is -0.148. The van der Waals surface area contributed by atoms with Crippen LogP contribution in [0.3, 0.4) is 0 Å². The molecule has 0 radical (unpaired) electrons. The Balaban J connectivity index is 0.000001000. The van der Waals surface area contributed by atoms with Crippen molar-refractivity contribution >= 4 is 30.7 Å². The van der Waals surface area contributed by atoms with Gasteiger partial charge in [-0.15, -0.1) is 24.8 Å². The van der Waals surface area contributed by atoms with Crippen LogP contribution in [0.5, 0.6) is 0 Å². The van der Waals surface area contributed by atoms with Crippen LogP contribution in [0, 0.1) is 0 Å². The number of hydrogen-bond donors (Lipinski definition) is 1. The number of amides is 1. The number of hydrogen-bond acceptors (Lipinski definition) is 4. The molecule has 3 saturated heterocycles. The molecule has 3 fully saturated rings. The number of halogens is 2. The van der Waals surface area contributed by atoms with Crippen molar-refractivity contribution in [3.8, 4) is 0 Å². The van der Waals surface area contributed by atoms with Gasteiger partial charge in [0, 0.05) is 38.8 Å². The number of carbonyl (C=O) groups excluding carboxylic acids is 1. The van der Waals surface area contributed by atoms with Gasteiger partial charge in [0.05, 0.1) is 6.61 Å². The minimum atomic E-state index is -0.256. The molecule has 1 amide bonds. The highest BCUT2D eigenvalue weighted by Gasteiger charge is 2.34. The van der Waals surface area contributed by atoms with Crippen LogP contribution in [0.4, 0.5) is 0 Å². The Morgan fingerprint density at radius 2 is 2.00 bits per heavy atom. The number of piperazine rings is 1. The second kappa shape index (κ2) is 8.39. The molecule has 3 aliphatic rings. The van der Waals surface area contributed by atoms with E-state index in [2.05, 4.69) is 10.2 Å². The summed E-state index contributed by atoms with van der Waals surface area (Å²) in [7, 11) is 0. The van der Waals surface area contributed by atoms with Gasteiger partial charge in [-0.3, -0.25) is 9.69 Å². The van der Waals surface area contributed by atoms with E-state index in [1.165, 1.54) is 25.8 Å². The van der Waals surface area contributed by atoms with Crippen LogP contribution in [0.1, 0.15) is 19.3 Å². The predicted octanol–water partition coefficient (Wildman–Crippen LogP) is 0.515. The van der Waals surface area contributed by atoms with Gasteiger partial charge in [-0.1, -0.05) is 6.42 Å². The number of fused-ring (bicyclic) bond motifs is 1. The standard InChI is InChI=1S/C13H23N3O2.2ClH/c17-13(12-9-14-4-8-18-12)16-7-6-15-5-2-1-3-11(15)10-16;;/h11-12,14H,1-10H2;2*1H. The van der Waals surface area contributed by atoms with E-state index in [9.17, 15) is 4.79 Å². The van der Waals surface area contributed by atoms with Crippen molar-refractivity contribution in [3.05, 3.63) is 0 Å². The van der Waals surface area contributed by atoms with Crippen LogP contribution in [-0.4, -0.2) is 73.7 Å². The summed E-state index contributed by atoms with van der Waals surface area (Å²) in [6, 6.07) is 0.591. The molecule has 3 heterocycles. The Kier molecular flexibility index (Phi) is 7.54. The molecule has 5 nitrogen and oxygen atoms in total. The SMILES string of the molecule is Cl.Cl.O=C(C1CNCCO1)N1CCN2CCCCC2C1. The van der Waals surface area contributed by atoms with Crippen molar-refractivity contribution in [3.63, 3.8) is 0 Å². The van der Waals surface area contributed by atoms with E-state index in [1.54, 1.807) is 0 Å². The van der Waals surface area contributed by atoms with Gasteiger partial charge in [0.15, 0.2) is 0 Å². The van der Waals surface area contributed by atoms with E-state index in [0.29, 0.717) is 19.2 Å². The smallest absolute Gasteiger partial charge is 0.253 e. The third-order valence-electron chi connectivity index (χ3n) is 4.35. The number of rotatable bonds is 1. The molecule has 0 saturated carbocycles. The second-order valence-electron chi connectivity index (χ2n) is 5.53. The van der Waals surface area contributed by atoms with Crippen molar-refractivity contribution in [2.24, 2.45) is 0 Å². The van der Waals surface area contributed by atoms with Gasteiger partial charge in [-0.2, -0.15) is 0 Å². The van der Waals surface area contributed by atoms with E-state index >= 15 is 0 Å². The van der Waals surface area contributed by atoms with Crippen molar-refractivity contribution in [2.45, 2.75) is 31.4 Å². The third-order valence-corrected chi connectivity index (χ3v) is 4.35. The van der Waals surface area contributed by atoms with Crippen molar-refractivity contribution in [1.29, 1.82) is 0 Å². The van der Waals surface area contributed by atoms with Crippen molar-refractivity contribution in [1.82, 2.24) is 15.1 Å². The first-order valence-corrected chi connectivity index (χ1v) is 7.20. The normalized spacial score (nSPS) is 30.7. The lowest BCUT2D eigenvalue weighted by Gasteiger charge is -2.44. The fraction of sp³-hybridized carbons (Fsp3) is 0.923. The Morgan fingerprint density at radius 3 is 2.75 bits per heavy atom. The molecule has 0 aromatic carbocycles. The van der Waals surface area contributed by atoms with E-state index < -0.39 is 0 Å².